The van der Waals surface area contributed by atoms with Gasteiger partial charge in [-0.05, 0) is 42.4 Å². The van der Waals surface area contributed by atoms with Gasteiger partial charge in [-0.15, -0.1) is 0 Å². The van der Waals surface area contributed by atoms with Gasteiger partial charge in [-0.25, -0.2) is 0 Å². The monoisotopic (exact) mass is 220 g/mol. The second-order valence-electron chi connectivity index (χ2n) is 4.43. The third-order valence-electron chi connectivity index (χ3n) is 2.93. The summed E-state index contributed by atoms with van der Waals surface area (Å²) >= 11 is 0. The van der Waals surface area contributed by atoms with E-state index in [4.69, 9.17) is 5.11 Å². The van der Waals surface area contributed by atoms with Crippen LogP contribution in [0.5, 0.6) is 0 Å². The Balaban J connectivity index is 2.80. The first-order valence-electron chi connectivity index (χ1n) is 6.53. The van der Waals surface area contributed by atoms with E-state index in [1.54, 1.807) is 0 Å². The average Bonchev–Trinajstić information content (AvgIpc) is 2.29. The van der Waals surface area contributed by atoms with Gasteiger partial charge in [0.05, 0.1) is 0 Å². The Morgan fingerprint density at radius 2 is 1.69 bits per heavy atom. The standard InChI is InChI=1S/C15H24O/c1-3-6-13-9-10-14(8-5-11-16)15(12-13)7-4-2/h9-10,12,16H,3-8,11H2,1-2H3. The van der Waals surface area contributed by atoms with Crippen molar-refractivity contribution < 1.29 is 5.11 Å². The third-order valence-corrected chi connectivity index (χ3v) is 2.93. The molecule has 90 valence electrons. The molecule has 1 heteroatoms. The summed E-state index contributed by atoms with van der Waals surface area (Å²) in [5, 5.41) is 8.89. The lowest BCUT2D eigenvalue weighted by Crippen LogP contribution is -1.98. The van der Waals surface area contributed by atoms with Crippen LogP contribution in [-0.2, 0) is 19.3 Å². The van der Waals surface area contributed by atoms with Crippen LogP contribution in [0.15, 0.2) is 18.2 Å². The van der Waals surface area contributed by atoms with Crippen LogP contribution in [0.4, 0.5) is 0 Å². The lowest BCUT2D eigenvalue weighted by molar-refractivity contribution is 0.288. The van der Waals surface area contributed by atoms with E-state index in [0.29, 0.717) is 6.61 Å². The largest absolute Gasteiger partial charge is 0.396 e. The molecular weight excluding hydrogens is 196 g/mol. The molecule has 0 atom stereocenters. The van der Waals surface area contributed by atoms with E-state index < -0.39 is 0 Å². The normalized spacial score (nSPS) is 10.7. The highest BCUT2D eigenvalue weighted by Gasteiger charge is 2.03. The van der Waals surface area contributed by atoms with Gasteiger partial charge in [0, 0.05) is 6.61 Å². The van der Waals surface area contributed by atoms with Crippen molar-refractivity contribution in [2.24, 2.45) is 0 Å². The molecule has 1 rings (SSSR count). The Morgan fingerprint density at radius 1 is 0.938 bits per heavy atom. The number of rotatable bonds is 7. The van der Waals surface area contributed by atoms with Crippen molar-refractivity contribution in [3.8, 4) is 0 Å². The van der Waals surface area contributed by atoms with Gasteiger partial charge >= 0.3 is 0 Å². The maximum Gasteiger partial charge on any atom is 0.0434 e. The molecule has 1 aromatic carbocycles. The molecule has 0 aromatic heterocycles. The summed E-state index contributed by atoms with van der Waals surface area (Å²) in [5.74, 6) is 0. The van der Waals surface area contributed by atoms with E-state index >= 15 is 0 Å². The zero-order valence-electron chi connectivity index (χ0n) is 10.6. The maximum absolute atomic E-state index is 8.89. The predicted octanol–water partition coefficient (Wildman–Crippen LogP) is 3.52. The van der Waals surface area contributed by atoms with Crippen LogP contribution in [0.3, 0.4) is 0 Å². The topological polar surface area (TPSA) is 20.2 Å². The smallest absolute Gasteiger partial charge is 0.0434 e. The van der Waals surface area contributed by atoms with Crippen LogP contribution in [0.2, 0.25) is 0 Å². The quantitative estimate of drug-likeness (QED) is 0.745. The molecule has 1 N–H and O–H groups in total. The van der Waals surface area contributed by atoms with Gasteiger partial charge in [-0.3, -0.25) is 0 Å². The van der Waals surface area contributed by atoms with Crippen LogP contribution in [-0.4, -0.2) is 11.7 Å². The van der Waals surface area contributed by atoms with Crippen LogP contribution < -0.4 is 0 Å². The van der Waals surface area contributed by atoms with E-state index in [-0.39, 0.29) is 0 Å². The SMILES string of the molecule is CCCc1ccc(CCCO)c(CCC)c1. The maximum atomic E-state index is 8.89. The molecule has 0 saturated heterocycles. The summed E-state index contributed by atoms with van der Waals surface area (Å²) in [6.07, 6.45) is 6.64. The van der Waals surface area contributed by atoms with Crippen molar-refractivity contribution >= 4 is 0 Å². The van der Waals surface area contributed by atoms with E-state index in [1.807, 2.05) is 0 Å². The second kappa shape index (κ2) is 7.45. The van der Waals surface area contributed by atoms with Crippen molar-refractivity contribution in [3.63, 3.8) is 0 Å². The lowest BCUT2D eigenvalue weighted by Gasteiger charge is -2.10. The number of aliphatic hydroxyl groups is 1. The van der Waals surface area contributed by atoms with E-state index in [0.717, 1.165) is 19.3 Å². The summed E-state index contributed by atoms with van der Waals surface area (Å²) in [4.78, 5) is 0. The summed E-state index contributed by atoms with van der Waals surface area (Å²) < 4.78 is 0. The molecule has 0 spiro atoms. The van der Waals surface area contributed by atoms with Gasteiger partial charge in [-0.2, -0.15) is 0 Å². The minimum absolute atomic E-state index is 0.294. The average molecular weight is 220 g/mol. The molecule has 0 radical (unpaired) electrons. The number of aliphatic hydroxyl groups excluding tert-OH is 1. The third kappa shape index (κ3) is 3.97. The Morgan fingerprint density at radius 3 is 2.31 bits per heavy atom. The van der Waals surface area contributed by atoms with Crippen LogP contribution in [0.25, 0.3) is 0 Å². The van der Waals surface area contributed by atoms with Gasteiger partial charge in [0.25, 0.3) is 0 Å². The van der Waals surface area contributed by atoms with E-state index in [9.17, 15) is 0 Å². The fraction of sp³-hybridized carbons (Fsp3) is 0.600. The molecule has 0 aliphatic rings. The lowest BCUT2D eigenvalue weighted by atomic mass is 9.96. The van der Waals surface area contributed by atoms with Gasteiger partial charge in [0.15, 0.2) is 0 Å². The molecular formula is C15H24O. The first-order chi connectivity index (χ1) is 7.81. The molecule has 0 heterocycles. The fourth-order valence-electron chi connectivity index (χ4n) is 2.14. The highest BCUT2D eigenvalue weighted by molar-refractivity contribution is 5.32. The Hall–Kier alpha value is -0.820. The van der Waals surface area contributed by atoms with E-state index in [2.05, 4.69) is 32.0 Å². The molecule has 0 saturated carbocycles. The van der Waals surface area contributed by atoms with Crippen LogP contribution >= 0.6 is 0 Å². The van der Waals surface area contributed by atoms with Gasteiger partial charge in [0.2, 0.25) is 0 Å². The summed E-state index contributed by atoms with van der Waals surface area (Å²) in [7, 11) is 0. The number of benzene rings is 1. The van der Waals surface area contributed by atoms with Gasteiger partial charge in [0.1, 0.15) is 0 Å². The predicted molar refractivity (Wildman–Crippen MR) is 69.8 cm³/mol. The molecule has 0 bridgehead atoms. The Kier molecular flexibility index (Phi) is 6.17. The minimum Gasteiger partial charge on any atom is -0.396 e. The summed E-state index contributed by atoms with van der Waals surface area (Å²) in [6, 6.07) is 6.86. The fourth-order valence-corrected chi connectivity index (χ4v) is 2.14. The van der Waals surface area contributed by atoms with E-state index in [1.165, 1.54) is 36.0 Å². The Bertz CT molecular complexity index is 304. The molecule has 1 nitrogen and oxygen atoms in total. The number of aryl methyl sites for hydroxylation is 3. The zero-order chi connectivity index (χ0) is 11.8. The highest BCUT2D eigenvalue weighted by Crippen LogP contribution is 2.17. The first kappa shape index (κ1) is 13.2. The van der Waals surface area contributed by atoms with Crippen molar-refractivity contribution in [1.29, 1.82) is 0 Å². The molecule has 16 heavy (non-hydrogen) atoms. The molecule has 0 aliphatic carbocycles. The van der Waals surface area contributed by atoms with Gasteiger partial charge in [-0.1, -0.05) is 44.9 Å². The molecule has 0 aliphatic heterocycles. The highest BCUT2D eigenvalue weighted by atomic mass is 16.2. The van der Waals surface area contributed by atoms with Crippen LogP contribution in [0, 0.1) is 0 Å². The number of hydrogen-bond donors (Lipinski definition) is 1. The first-order valence-corrected chi connectivity index (χ1v) is 6.53. The summed E-state index contributed by atoms with van der Waals surface area (Å²) in [5.41, 5.74) is 4.37. The summed E-state index contributed by atoms with van der Waals surface area (Å²) in [6.45, 7) is 4.74. The Labute approximate surface area is 99.5 Å². The van der Waals surface area contributed by atoms with Crippen molar-refractivity contribution in [2.45, 2.75) is 52.4 Å². The van der Waals surface area contributed by atoms with Crippen molar-refractivity contribution in [3.05, 3.63) is 34.9 Å². The minimum atomic E-state index is 0.294. The zero-order valence-corrected chi connectivity index (χ0v) is 10.6. The van der Waals surface area contributed by atoms with Crippen LogP contribution in [0.1, 0.15) is 49.8 Å². The molecule has 0 unspecified atom stereocenters. The second-order valence-corrected chi connectivity index (χ2v) is 4.43. The van der Waals surface area contributed by atoms with Gasteiger partial charge < -0.3 is 5.11 Å². The molecule has 0 amide bonds. The van der Waals surface area contributed by atoms with Crippen molar-refractivity contribution in [2.75, 3.05) is 6.61 Å². The molecule has 0 fully saturated rings. The molecule has 1 aromatic rings. The number of hydrogen-bond acceptors (Lipinski definition) is 1. The van der Waals surface area contributed by atoms with Crippen molar-refractivity contribution in [1.82, 2.24) is 0 Å².